The maximum atomic E-state index is 14.0. The summed E-state index contributed by atoms with van der Waals surface area (Å²) in [7, 11) is 0. The van der Waals surface area contributed by atoms with E-state index in [-0.39, 0.29) is 11.9 Å². The van der Waals surface area contributed by atoms with Gasteiger partial charge in [-0.05, 0) is 43.0 Å². The minimum Gasteiger partial charge on any atom is -0.310 e. The highest BCUT2D eigenvalue weighted by molar-refractivity contribution is 9.10. The van der Waals surface area contributed by atoms with Crippen molar-refractivity contribution in [1.82, 2.24) is 5.32 Å². The van der Waals surface area contributed by atoms with Gasteiger partial charge in [0.1, 0.15) is 5.82 Å². The van der Waals surface area contributed by atoms with E-state index >= 15 is 0 Å². The van der Waals surface area contributed by atoms with Crippen LogP contribution in [0.3, 0.4) is 0 Å². The van der Waals surface area contributed by atoms with Crippen molar-refractivity contribution in [1.29, 1.82) is 0 Å². The monoisotopic (exact) mass is 341 g/mol. The number of benzene rings is 1. The van der Waals surface area contributed by atoms with Gasteiger partial charge < -0.3 is 5.32 Å². The predicted octanol–water partition coefficient (Wildman–Crippen LogP) is 4.93. The summed E-state index contributed by atoms with van der Waals surface area (Å²) in [6.45, 7) is 2.89. The van der Waals surface area contributed by atoms with E-state index in [9.17, 15) is 4.39 Å². The molecule has 0 radical (unpaired) electrons. The zero-order valence-electron chi connectivity index (χ0n) is 10.8. The van der Waals surface area contributed by atoms with Crippen LogP contribution in [0, 0.1) is 5.82 Å². The fraction of sp³-hybridized carbons (Fsp3) is 0.333. The van der Waals surface area contributed by atoms with Crippen molar-refractivity contribution in [3.05, 3.63) is 56.4 Å². The number of thiophene rings is 1. The lowest BCUT2D eigenvalue weighted by Crippen LogP contribution is -2.22. The van der Waals surface area contributed by atoms with Crippen LogP contribution < -0.4 is 5.32 Å². The Morgan fingerprint density at radius 1 is 1.37 bits per heavy atom. The second kappa shape index (κ2) is 7.17. The number of hydrogen-bond donors (Lipinski definition) is 1. The first-order chi connectivity index (χ1) is 9.20. The van der Waals surface area contributed by atoms with Crippen LogP contribution in [0.25, 0.3) is 0 Å². The van der Waals surface area contributed by atoms with Gasteiger partial charge in [-0.2, -0.15) is 0 Å². The van der Waals surface area contributed by atoms with Crippen LogP contribution in [0.15, 0.2) is 40.2 Å². The lowest BCUT2D eigenvalue weighted by atomic mass is 10.0. The molecule has 0 amide bonds. The van der Waals surface area contributed by atoms with E-state index in [0.717, 1.165) is 29.4 Å². The highest BCUT2D eigenvalue weighted by Crippen LogP contribution is 2.25. The topological polar surface area (TPSA) is 12.0 Å². The van der Waals surface area contributed by atoms with Crippen molar-refractivity contribution in [2.24, 2.45) is 0 Å². The Morgan fingerprint density at radius 3 is 2.84 bits per heavy atom. The van der Waals surface area contributed by atoms with Crippen LogP contribution in [-0.4, -0.2) is 6.54 Å². The maximum Gasteiger partial charge on any atom is 0.129 e. The summed E-state index contributed by atoms with van der Waals surface area (Å²) in [5.41, 5.74) is 0.751. The number of hydrogen-bond acceptors (Lipinski definition) is 2. The summed E-state index contributed by atoms with van der Waals surface area (Å²) in [5, 5.41) is 5.45. The summed E-state index contributed by atoms with van der Waals surface area (Å²) in [6, 6.07) is 9.55. The Hall–Kier alpha value is -0.710. The molecule has 0 bridgehead atoms. The molecule has 2 aromatic rings. The minimum atomic E-state index is -0.147. The van der Waals surface area contributed by atoms with Gasteiger partial charge in [0.2, 0.25) is 0 Å². The van der Waals surface area contributed by atoms with E-state index in [4.69, 9.17) is 0 Å². The van der Waals surface area contributed by atoms with E-state index in [1.807, 2.05) is 12.1 Å². The third-order valence-electron chi connectivity index (χ3n) is 3.05. The zero-order valence-corrected chi connectivity index (χ0v) is 13.2. The Balaban J connectivity index is 2.10. The Morgan fingerprint density at radius 2 is 2.21 bits per heavy atom. The van der Waals surface area contributed by atoms with Crippen molar-refractivity contribution in [3.8, 4) is 0 Å². The molecule has 0 aliphatic rings. The van der Waals surface area contributed by atoms with Crippen molar-refractivity contribution < 1.29 is 4.39 Å². The third-order valence-corrected chi connectivity index (χ3v) is 4.48. The van der Waals surface area contributed by atoms with Gasteiger partial charge in [0.25, 0.3) is 0 Å². The second-order valence-corrected chi connectivity index (χ2v) is 6.34. The molecule has 0 saturated carbocycles. The molecule has 0 aliphatic heterocycles. The number of nitrogens with one attached hydrogen (secondary N) is 1. The predicted molar refractivity (Wildman–Crippen MR) is 83.2 cm³/mol. The molecule has 0 saturated heterocycles. The number of halogens is 2. The summed E-state index contributed by atoms with van der Waals surface area (Å²) in [5.74, 6) is -0.147. The highest BCUT2D eigenvalue weighted by Gasteiger charge is 2.15. The van der Waals surface area contributed by atoms with Gasteiger partial charge in [0, 0.05) is 21.0 Å². The van der Waals surface area contributed by atoms with E-state index in [0.29, 0.717) is 0 Å². The summed E-state index contributed by atoms with van der Waals surface area (Å²) >= 11 is 5.05. The Labute approximate surface area is 126 Å². The fourth-order valence-electron chi connectivity index (χ4n) is 2.14. The summed E-state index contributed by atoms with van der Waals surface area (Å²) in [4.78, 5) is 1.35. The van der Waals surface area contributed by atoms with E-state index in [1.54, 1.807) is 11.3 Å². The molecule has 1 heterocycles. The second-order valence-electron chi connectivity index (χ2n) is 4.39. The smallest absolute Gasteiger partial charge is 0.129 e. The average molecular weight is 342 g/mol. The summed E-state index contributed by atoms with van der Waals surface area (Å²) < 4.78 is 14.8. The van der Waals surface area contributed by atoms with Gasteiger partial charge in [0.15, 0.2) is 0 Å². The number of rotatable bonds is 6. The summed E-state index contributed by atoms with van der Waals surface area (Å²) in [6.07, 6.45) is 1.89. The van der Waals surface area contributed by atoms with Crippen molar-refractivity contribution >= 4 is 27.3 Å². The molecule has 2 rings (SSSR count). The Kier molecular flexibility index (Phi) is 5.55. The lowest BCUT2D eigenvalue weighted by Gasteiger charge is -2.19. The molecule has 1 aromatic carbocycles. The molecular weight excluding hydrogens is 325 g/mol. The first-order valence-electron chi connectivity index (χ1n) is 6.41. The highest BCUT2D eigenvalue weighted by atomic mass is 79.9. The first-order valence-corrected chi connectivity index (χ1v) is 8.08. The number of aryl methyl sites for hydroxylation is 1. The average Bonchev–Trinajstić information content (AvgIpc) is 2.88. The van der Waals surface area contributed by atoms with Crippen LogP contribution in [-0.2, 0) is 6.42 Å². The zero-order chi connectivity index (χ0) is 13.7. The van der Waals surface area contributed by atoms with Gasteiger partial charge in [-0.25, -0.2) is 4.39 Å². The molecule has 102 valence electrons. The largest absolute Gasteiger partial charge is 0.310 e. The van der Waals surface area contributed by atoms with Crippen molar-refractivity contribution in [2.45, 2.75) is 25.8 Å². The van der Waals surface area contributed by atoms with Crippen molar-refractivity contribution in [3.63, 3.8) is 0 Å². The molecule has 19 heavy (non-hydrogen) atoms. The molecule has 0 aliphatic carbocycles. The third kappa shape index (κ3) is 4.13. The fourth-order valence-corrected chi connectivity index (χ4v) is 3.20. The van der Waals surface area contributed by atoms with Gasteiger partial charge in [-0.1, -0.05) is 35.0 Å². The molecule has 1 nitrogen and oxygen atoms in total. The SMILES string of the molecule is CCNC(CCc1cccs1)c1ccc(Br)cc1F. The molecule has 0 fully saturated rings. The van der Waals surface area contributed by atoms with Crippen LogP contribution in [0.5, 0.6) is 0 Å². The van der Waals surface area contributed by atoms with Crippen LogP contribution in [0.1, 0.15) is 29.8 Å². The quantitative estimate of drug-likeness (QED) is 0.785. The maximum absolute atomic E-state index is 14.0. The van der Waals surface area contributed by atoms with Crippen molar-refractivity contribution in [2.75, 3.05) is 6.54 Å². The van der Waals surface area contributed by atoms with E-state index in [2.05, 4.69) is 45.7 Å². The molecule has 1 aromatic heterocycles. The normalized spacial score (nSPS) is 12.6. The van der Waals surface area contributed by atoms with Crippen LogP contribution in [0.2, 0.25) is 0 Å². The van der Waals surface area contributed by atoms with Gasteiger partial charge in [-0.15, -0.1) is 11.3 Å². The first kappa shape index (κ1) is 14.7. The van der Waals surface area contributed by atoms with E-state index in [1.165, 1.54) is 10.9 Å². The standard InChI is InChI=1S/C15H17BrFNS/c1-2-18-15(8-6-12-4-3-9-19-12)13-7-5-11(16)10-14(13)17/h3-5,7,9-10,15,18H,2,6,8H2,1H3. The van der Waals surface area contributed by atoms with Crippen LogP contribution in [0.4, 0.5) is 4.39 Å². The minimum absolute atomic E-state index is 0.0696. The van der Waals surface area contributed by atoms with Gasteiger partial charge >= 0.3 is 0 Å². The molecule has 1 N–H and O–H groups in total. The molecule has 0 spiro atoms. The molecule has 4 heteroatoms. The molecule has 1 unspecified atom stereocenters. The molecule has 1 atom stereocenters. The lowest BCUT2D eigenvalue weighted by molar-refractivity contribution is 0.486. The van der Waals surface area contributed by atoms with Crippen LogP contribution >= 0.6 is 27.3 Å². The molecular formula is C15H17BrFNS. The van der Waals surface area contributed by atoms with E-state index < -0.39 is 0 Å². The Bertz CT molecular complexity index is 513. The van der Waals surface area contributed by atoms with Gasteiger partial charge in [-0.3, -0.25) is 0 Å². The van der Waals surface area contributed by atoms with Gasteiger partial charge in [0.05, 0.1) is 0 Å².